The first kappa shape index (κ1) is 20.3. The molecule has 0 saturated carbocycles. The highest BCUT2D eigenvalue weighted by molar-refractivity contribution is 7.92. The zero-order chi connectivity index (χ0) is 19.7. The van der Waals surface area contributed by atoms with E-state index in [-0.39, 0.29) is 5.97 Å². The largest absolute Gasteiger partial charge is 0.351 e. The van der Waals surface area contributed by atoms with Gasteiger partial charge in [-0.1, -0.05) is 80.8 Å². The molecule has 0 spiro atoms. The SMILES string of the molecule is CCCCCCC(=O)O[P+](c1ccccc1)(c1ccccc1)c1ccccc1. The smallest absolute Gasteiger partial charge is 0.297 e. The van der Waals surface area contributed by atoms with Crippen LogP contribution >= 0.6 is 7.49 Å². The molecule has 0 fully saturated rings. The summed E-state index contributed by atoms with van der Waals surface area (Å²) in [6, 6.07) is 30.6. The molecule has 3 rings (SSSR count). The maximum absolute atomic E-state index is 12.9. The Morgan fingerprint density at radius 1 is 0.679 bits per heavy atom. The lowest BCUT2D eigenvalue weighted by Crippen LogP contribution is -2.34. The van der Waals surface area contributed by atoms with Crippen LogP contribution in [0, 0.1) is 0 Å². The molecule has 0 saturated heterocycles. The third kappa shape index (κ3) is 4.69. The molecule has 0 radical (unpaired) electrons. The summed E-state index contributed by atoms with van der Waals surface area (Å²) in [5.41, 5.74) is 0. The minimum absolute atomic E-state index is 0.110. The predicted molar refractivity (Wildman–Crippen MR) is 120 cm³/mol. The van der Waals surface area contributed by atoms with Crippen molar-refractivity contribution < 1.29 is 9.32 Å². The van der Waals surface area contributed by atoms with Crippen LogP contribution in [0.25, 0.3) is 0 Å². The van der Waals surface area contributed by atoms with E-state index in [1.807, 2.05) is 54.6 Å². The van der Waals surface area contributed by atoms with E-state index in [0.717, 1.165) is 41.6 Å². The van der Waals surface area contributed by atoms with E-state index in [1.165, 1.54) is 0 Å². The predicted octanol–water partition coefficient (Wildman–Crippen LogP) is 5.41. The summed E-state index contributed by atoms with van der Waals surface area (Å²) < 4.78 is 6.45. The van der Waals surface area contributed by atoms with Crippen LogP contribution in [0.2, 0.25) is 0 Å². The van der Waals surface area contributed by atoms with E-state index in [4.69, 9.17) is 4.52 Å². The summed E-state index contributed by atoms with van der Waals surface area (Å²) in [5, 5.41) is 3.19. The fourth-order valence-corrected chi connectivity index (χ4v) is 6.80. The first-order valence-electron chi connectivity index (χ1n) is 10.1. The molecule has 0 aliphatic heterocycles. The molecule has 0 heterocycles. The monoisotopic (exact) mass is 391 g/mol. The van der Waals surface area contributed by atoms with E-state index in [1.54, 1.807) is 0 Å². The summed E-state index contributed by atoms with van der Waals surface area (Å²) in [6.45, 7) is 2.18. The van der Waals surface area contributed by atoms with Crippen molar-refractivity contribution in [3.63, 3.8) is 0 Å². The van der Waals surface area contributed by atoms with Crippen LogP contribution in [0.1, 0.15) is 39.0 Å². The van der Waals surface area contributed by atoms with Crippen molar-refractivity contribution in [3.05, 3.63) is 91.0 Å². The molecule has 3 heteroatoms. The highest BCUT2D eigenvalue weighted by atomic mass is 31.2. The van der Waals surface area contributed by atoms with E-state index >= 15 is 0 Å². The number of hydrogen-bond donors (Lipinski definition) is 0. The lowest BCUT2D eigenvalue weighted by atomic mass is 10.2. The van der Waals surface area contributed by atoms with E-state index in [0.29, 0.717) is 6.42 Å². The third-order valence-corrected chi connectivity index (χ3v) is 8.39. The van der Waals surface area contributed by atoms with Crippen LogP contribution in [0.15, 0.2) is 91.0 Å². The number of rotatable bonds is 9. The number of hydrogen-bond acceptors (Lipinski definition) is 2. The van der Waals surface area contributed by atoms with Gasteiger partial charge < -0.3 is 0 Å². The van der Waals surface area contributed by atoms with Crippen molar-refractivity contribution in [2.75, 3.05) is 0 Å². The summed E-state index contributed by atoms with van der Waals surface area (Å²) in [4.78, 5) is 12.9. The lowest BCUT2D eigenvalue weighted by molar-refractivity contribution is -0.133. The van der Waals surface area contributed by atoms with Crippen molar-refractivity contribution in [2.24, 2.45) is 0 Å². The Kier molecular flexibility index (Phi) is 7.39. The van der Waals surface area contributed by atoms with Crippen molar-refractivity contribution >= 4 is 29.4 Å². The Hall–Kier alpha value is -2.44. The molecule has 0 amide bonds. The summed E-state index contributed by atoms with van der Waals surface area (Å²) in [5.74, 6) is -0.110. The van der Waals surface area contributed by atoms with Gasteiger partial charge in [0.15, 0.2) is 0 Å². The molecule has 0 unspecified atom stereocenters. The second-order valence-corrected chi connectivity index (χ2v) is 9.84. The van der Waals surface area contributed by atoms with Crippen molar-refractivity contribution in [1.29, 1.82) is 0 Å². The molecule has 3 aromatic carbocycles. The highest BCUT2D eigenvalue weighted by Gasteiger charge is 2.50. The van der Waals surface area contributed by atoms with Gasteiger partial charge in [-0.2, -0.15) is 0 Å². The Labute approximate surface area is 169 Å². The van der Waals surface area contributed by atoms with Crippen molar-refractivity contribution in [3.8, 4) is 0 Å². The van der Waals surface area contributed by atoms with Crippen LogP contribution in [-0.4, -0.2) is 5.97 Å². The van der Waals surface area contributed by atoms with Gasteiger partial charge in [-0.15, -0.1) is 0 Å². The number of carbonyl (C=O) groups is 1. The van der Waals surface area contributed by atoms with Crippen LogP contribution in [0.4, 0.5) is 0 Å². The van der Waals surface area contributed by atoms with Crippen LogP contribution in [0.3, 0.4) is 0 Å². The molecule has 144 valence electrons. The quantitative estimate of drug-likeness (QED) is 0.360. The van der Waals surface area contributed by atoms with Crippen LogP contribution in [-0.2, 0) is 9.32 Å². The Balaban J connectivity index is 2.05. The minimum atomic E-state index is -2.51. The molecule has 0 N–H and O–H groups in total. The molecule has 0 bridgehead atoms. The van der Waals surface area contributed by atoms with Crippen molar-refractivity contribution in [1.82, 2.24) is 0 Å². The second kappa shape index (κ2) is 10.2. The van der Waals surface area contributed by atoms with Crippen molar-refractivity contribution in [2.45, 2.75) is 39.0 Å². The molecule has 3 aromatic rings. The molecule has 0 atom stereocenters. The van der Waals surface area contributed by atoms with Crippen LogP contribution in [0.5, 0.6) is 0 Å². The first-order valence-corrected chi connectivity index (χ1v) is 11.8. The number of unbranched alkanes of at least 4 members (excludes halogenated alkanes) is 3. The molecule has 0 aliphatic carbocycles. The van der Waals surface area contributed by atoms with Gasteiger partial charge >= 0.3 is 5.97 Å². The van der Waals surface area contributed by atoms with E-state index in [9.17, 15) is 4.79 Å². The van der Waals surface area contributed by atoms with Gasteiger partial charge in [0.25, 0.3) is 7.49 Å². The van der Waals surface area contributed by atoms with Gasteiger partial charge in [0.05, 0.1) is 6.42 Å². The molecular weight excluding hydrogens is 363 g/mol. The Morgan fingerprint density at radius 3 is 1.50 bits per heavy atom. The summed E-state index contributed by atoms with van der Waals surface area (Å²) in [6.07, 6.45) is 4.73. The standard InChI is InChI=1S/C25H28O2P/c1-2-3-4-14-21-25(26)27-28(22-15-8-5-9-16-22,23-17-10-6-11-18-23)24-19-12-7-13-20-24/h5-13,15-20H,2-4,14,21H2,1H3/q+1. The molecular formula is C25H28O2P+. The van der Waals surface area contributed by atoms with Gasteiger partial charge in [-0.25, -0.2) is 4.79 Å². The Morgan fingerprint density at radius 2 is 1.11 bits per heavy atom. The highest BCUT2D eigenvalue weighted by Crippen LogP contribution is 2.56. The summed E-state index contributed by atoms with van der Waals surface area (Å²) in [7, 11) is -2.51. The zero-order valence-electron chi connectivity index (χ0n) is 16.5. The minimum Gasteiger partial charge on any atom is -0.297 e. The van der Waals surface area contributed by atoms with Gasteiger partial charge in [-0.05, 0) is 42.8 Å². The first-order chi connectivity index (χ1) is 13.8. The third-order valence-electron chi connectivity index (χ3n) is 4.83. The second-order valence-electron chi connectivity index (χ2n) is 6.89. The van der Waals surface area contributed by atoms with E-state index in [2.05, 4.69) is 43.3 Å². The maximum Gasteiger partial charge on any atom is 0.351 e. The molecule has 0 aromatic heterocycles. The lowest BCUT2D eigenvalue weighted by Gasteiger charge is -2.25. The average Bonchev–Trinajstić information content (AvgIpc) is 2.77. The topological polar surface area (TPSA) is 26.3 Å². The van der Waals surface area contributed by atoms with Gasteiger partial charge in [0.2, 0.25) is 0 Å². The van der Waals surface area contributed by atoms with E-state index < -0.39 is 7.49 Å². The summed E-state index contributed by atoms with van der Waals surface area (Å²) >= 11 is 0. The van der Waals surface area contributed by atoms with Crippen LogP contribution < -0.4 is 15.9 Å². The zero-order valence-corrected chi connectivity index (χ0v) is 17.4. The Bertz CT molecular complexity index is 751. The average molecular weight is 391 g/mol. The fraction of sp³-hybridized carbons (Fsp3) is 0.240. The maximum atomic E-state index is 12.9. The van der Waals surface area contributed by atoms with Gasteiger partial charge in [0, 0.05) is 0 Å². The van der Waals surface area contributed by atoms with Gasteiger partial charge in [0.1, 0.15) is 15.9 Å². The van der Waals surface area contributed by atoms with Gasteiger partial charge in [-0.3, -0.25) is 4.52 Å². The molecule has 28 heavy (non-hydrogen) atoms. The number of carbonyl (C=O) groups excluding carboxylic acids is 1. The number of benzene rings is 3. The molecule has 2 nitrogen and oxygen atoms in total. The fourth-order valence-electron chi connectivity index (χ4n) is 3.41. The normalized spacial score (nSPS) is 11.2. The molecule has 0 aliphatic rings.